The van der Waals surface area contributed by atoms with E-state index < -0.39 is 9.05 Å². The molecule has 21 heavy (non-hydrogen) atoms. The Morgan fingerprint density at radius 2 is 1.90 bits per heavy atom. The fraction of sp³-hybridized carbons (Fsp3) is 0.500. The molecule has 0 radical (unpaired) electrons. The highest BCUT2D eigenvalue weighted by Crippen LogP contribution is 2.20. The molecule has 0 aliphatic heterocycles. The van der Waals surface area contributed by atoms with Crippen molar-refractivity contribution in [2.75, 3.05) is 13.7 Å². The maximum Gasteiger partial charge on any atom is 0.261 e. The minimum absolute atomic E-state index is 0.0683. The Labute approximate surface area is 130 Å². The molecule has 7 heteroatoms. The minimum atomic E-state index is -3.91. The van der Waals surface area contributed by atoms with Gasteiger partial charge in [-0.1, -0.05) is 20.8 Å². The summed E-state index contributed by atoms with van der Waals surface area (Å²) in [6, 6.07) is 4.25. The van der Waals surface area contributed by atoms with Gasteiger partial charge in [-0.05, 0) is 29.2 Å². The molecule has 0 bridgehead atoms. The Morgan fingerprint density at radius 1 is 1.29 bits per heavy atom. The topological polar surface area (TPSA) is 72.5 Å². The summed E-state index contributed by atoms with van der Waals surface area (Å²) in [5.41, 5.74) is 0.745. The number of hydrogen-bond donors (Lipinski definition) is 1. The standard InChI is InChI=1S/C14H20ClNO4S/c1-14(2,3)9-16-13(17)11-5-10(8-20-4)6-12(7-11)21(15,18)19/h5-7H,8-9H2,1-4H3,(H,16,17). The van der Waals surface area contributed by atoms with E-state index in [2.05, 4.69) is 5.32 Å². The molecule has 0 atom stereocenters. The number of nitrogens with one attached hydrogen (secondary N) is 1. The summed E-state index contributed by atoms with van der Waals surface area (Å²) in [5, 5.41) is 2.77. The molecular formula is C14H20ClNO4S. The molecule has 0 spiro atoms. The van der Waals surface area contributed by atoms with E-state index in [9.17, 15) is 13.2 Å². The predicted octanol–water partition coefficient (Wildman–Crippen LogP) is 2.54. The summed E-state index contributed by atoms with van der Waals surface area (Å²) in [4.78, 5) is 12.0. The second-order valence-electron chi connectivity index (χ2n) is 5.98. The van der Waals surface area contributed by atoms with Crippen LogP contribution in [0.2, 0.25) is 0 Å². The molecule has 0 saturated heterocycles. The van der Waals surface area contributed by atoms with Crippen LogP contribution in [0.3, 0.4) is 0 Å². The van der Waals surface area contributed by atoms with Crippen molar-refractivity contribution in [1.82, 2.24) is 5.32 Å². The van der Waals surface area contributed by atoms with Crippen molar-refractivity contribution < 1.29 is 17.9 Å². The predicted molar refractivity (Wildman–Crippen MR) is 82.0 cm³/mol. The van der Waals surface area contributed by atoms with E-state index in [0.717, 1.165) is 0 Å². The molecule has 1 aromatic carbocycles. The summed E-state index contributed by atoms with van der Waals surface area (Å²) >= 11 is 0. The Kier molecular flexibility index (Phi) is 5.78. The van der Waals surface area contributed by atoms with Gasteiger partial charge in [0.1, 0.15) is 0 Å². The van der Waals surface area contributed by atoms with E-state index in [1.807, 2.05) is 20.8 Å². The Balaban J connectivity index is 3.11. The lowest BCUT2D eigenvalue weighted by atomic mass is 9.97. The molecule has 1 N–H and O–H groups in total. The minimum Gasteiger partial charge on any atom is -0.380 e. The van der Waals surface area contributed by atoms with E-state index in [1.54, 1.807) is 6.07 Å². The van der Waals surface area contributed by atoms with E-state index in [0.29, 0.717) is 12.1 Å². The summed E-state index contributed by atoms with van der Waals surface area (Å²) in [5.74, 6) is -0.343. The molecule has 0 saturated carbocycles. The van der Waals surface area contributed by atoms with E-state index in [1.165, 1.54) is 19.2 Å². The number of amides is 1. The molecule has 0 fully saturated rings. The van der Waals surface area contributed by atoms with Gasteiger partial charge >= 0.3 is 0 Å². The lowest BCUT2D eigenvalue weighted by Crippen LogP contribution is -2.32. The highest BCUT2D eigenvalue weighted by Gasteiger charge is 2.17. The van der Waals surface area contributed by atoms with Crippen LogP contribution in [0.1, 0.15) is 36.7 Å². The highest BCUT2D eigenvalue weighted by molar-refractivity contribution is 8.13. The summed E-state index contributed by atoms with van der Waals surface area (Å²) in [6.07, 6.45) is 0. The zero-order chi connectivity index (χ0) is 16.3. The van der Waals surface area contributed by atoms with Crippen LogP contribution in [-0.2, 0) is 20.4 Å². The van der Waals surface area contributed by atoms with E-state index in [4.69, 9.17) is 15.4 Å². The molecular weight excluding hydrogens is 314 g/mol. The molecule has 5 nitrogen and oxygen atoms in total. The average molecular weight is 334 g/mol. The third-order valence-corrected chi connectivity index (χ3v) is 3.93. The first-order valence-corrected chi connectivity index (χ1v) is 8.69. The Hall–Kier alpha value is -1.11. The number of methoxy groups -OCH3 is 1. The van der Waals surface area contributed by atoms with Gasteiger partial charge in [0.15, 0.2) is 0 Å². The molecule has 0 unspecified atom stereocenters. The maximum absolute atomic E-state index is 12.1. The third-order valence-electron chi connectivity index (χ3n) is 2.60. The van der Waals surface area contributed by atoms with Crippen molar-refractivity contribution >= 4 is 25.6 Å². The maximum atomic E-state index is 12.1. The number of carbonyl (C=O) groups is 1. The van der Waals surface area contributed by atoms with Gasteiger partial charge in [0.25, 0.3) is 15.0 Å². The van der Waals surface area contributed by atoms with Crippen LogP contribution in [0.15, 0.2) is 23.1 Å². The van der Waals surface area contributed by atoms with Gasteiger partial charge < -0.3 is 10.1 Å². The van der Waals surface area contributed by atoms with Gasteiger partial charge in [-0.3, -0.25) is 4.79 Å². The van der Waals surface area contributed by atoms with E-state index >= 15 is 0 Å². The van der Waals surface area contributed by atoms with Crippen molar-refractivity contribution in [2.45, 2.75) is 32.3 Å². The molecule has 1 aromatic rings. The first-order valence-electron chi connectivity index (χ1n) is 6.39. The molecule has 0 aliphatic carbocycles. The monoisotopic (exact) mass is 333 g/mol. The summed E-state index contributed by atoms with van der Waals surface area (Å²) < 4.78 is 27.9. The Morgan fingerprint density at radius 3 is 2.38 bits per heavy atom. The van der Waals surface area contributed by atoms with E-state index in [-0.39, 0.29) is 28.4 Å². The Bertz CT molecular complexity index is 620. The lowest BCUT2D eigenvalue weighted by molar-refractivity contribution is 0.0938. The van der Waals surface area contributed by atoms with Crippen LogP contribution >= 0.6 is 10.7 Å². The van der Waals surface area contributed by atoms with Crippen molar-refractivity contribution in [1.29, 1.82) is 0 Å². The van der Waals surface area contributed by atoms with Crippen LogP contribution in [0.5, 0.6) is 0 Å². The quantitative estimate of drug-likeness (QED) is 0.840. The third kappa shape index (κ3) is 6.03. The number of carbonyl (C=O) groups excluding carboxylic acids is 1. The first-order chi connectivity index (χ1) is 9.53. The van der Waals surface area contributed by atoms with Crippen molar-refractivity contribution in [3.8, 4) is 0 Å². The van der Waals surface area contributed by atoms with Gasteiger partial charge in [-0.2, -0.15) is 0 Å². The number of benzene rings is 1. The largest absolute Gasteiger partial charge is 0.380 e. The zero-order valence-electron chi connectivity index (χ0n) is 12.6. The number of ether oxygens (including phenoxy) is 1. The van der Waals surface area contributed by atoms with Crippen LogP contribution in [-0.4, -0.2) is 28.0 Å². The SMILES string of the molecule is COCc1cc(C(=O)NCC(C)(C)C)cc(S(=O)(=O)Cl)c1. The van der Waals surface area contributed by atoms with Crippen LogP contribution in [0.25, 0.3) is 0 Å². The number of rotatable bonds is 5. The number of hydrogen-bond acceptors (Lipinski definition) is 4. The second-order valence-corrected chi connectivity index (χ2v) is 8.55. The van der Waals surface area contributed by atoms with Crippen LogP contribution < -0.4 is 5.32 Å². The van der Waals surface area contributed by atoms with Crippen molar-refractivity contribution in [3.05, 3.63) is 29.3 Å². The summed E-state index contributed by atoms with van der Waals surface area (Å²) in [7, 11) is 2.94. The van der Waals surface area contributed by atoms with Crippen LogP contribution in [0.4, 0.5) is 0 Å². The van der Waals surface area contributed by atoms with Crippen molar-refractivity contribution in [2.24, 2.45) is 5.41 Å². The molecule has 0 heterocycles. The average Bonchev–Trinajstić information content (AvgIpc) is 2.34. The molecule has 118 valence electrons. The van der Waals surface area contributed by atoms with Gasteiger partial charge in [-0.15, -0.1) is 0 Å². The number of halogens is 1. The molecule has 1 rings (SSSR count). The van der Waals surface area contributed by atoms with Gasteiger partial charge in [0, 0.05) is 29.9 Å². The highest BCUT2D eigenvalue weighted by atomic mass is 35.7. The fourth-order valence-electron chi connectivity index (χ4n) is 1.63. The van der Waals surface area contributed by atoms with Gasteiger partial charge in [0.05, 0.1) is 11.5 Å². The summed E-state index contributed by atoms with van der Waals surface area (Å²) in [6.45, 7) is 6.64. The van der Waals surface area contributed by atoms with Gasteiger partial charge in [0.2, 0.25) is 0 Å². The second kappa shape index (κ2) is 6.77. The molecule has 1 amide bonds. The zero-order valence-corrected chi connectivity index (χ0v) is 14.1. The lowest BCUT2D eigenvalue weighted by Gasteiger charge is -2.19. The van der Waals surface area contributed by atoms with Crippen LogP contribution in [0, 0.1) is 5.41 Å². The molecule has 0 aliphatic rings. The van der Waals surface area contributed by atoms with Crippen molar-refractivity contribution in [3.63, 3.8) is 0 Å². The molecule has 0 aromatic heterocycles. The fourth-order valence-corrected chi connectivity index (χ4v) is 2.46. The smallest absolute Gasteiger partial charge is 0.261 e. The van der Waals surface area contributed by atoms with Gasteiger partial charge in [-0.25, -0.2) is 8.42 Å². The first kappa shape index (κ1) is 17.9. The normalized spacial score (nSPS) is 12.2.